The third kappa shape index (κ3) is 2.75. The van der Waals surface area contributed by atoms with E-state index in [4.69, 9.17) is 10.8 Å². The molecule has 4 heteroatoms. The standard InChI is InChI=1S/C10H13F2NO/c1-10(13,6-14)5-7-2-3-8(11)4-9(7)12/h2-4,14H,5-6,13H2,1H3. The van der Waals surface area contributed by atoms with Gasteiger partial charge < -0.3 is 10.8 Å². The molecule has 0 bridgehead atoms. The largest absolute Gasteiger partial charge is 0.394 e. The molecule has 0 aliphatic carbocycles. The van der Waals surface area contributed by atoms with E-state index in [0.717, 1.165) is 6.07 Å². The van der Waals surface area contributed by atoms with Crippen LogP contribution in [0.4, 0.5) is 8.78 Å². The topological polar surface area (TPSA) is 46.2 Å². The summed E-state index contributed by atoms with van der Waals surface area (Å²) in [6.45, 7) is 1.36. The van der Waals surface area contributed by atoms with Crippen molar-refractivity contribution in [3.05, 3.63) is 35.4 Å². The maximum atomic E-state index is 13.1. The van der Waals surface area contributed by atoms with E-state index in [1.165, 1.54) is 12.1 Å². The molecular formula is C10H13F2NO. The van der Waals surface area contributed by atoms with Gasteiger partial charge in [-0.3, -0.25) is 0 Å². The predicted molar refractivity (Wildman–Crippen MR) is 49.7 cm³/mol. The van der Waals surface area contributed by atoms with Crippen molar-refractivity contribution in [1.82, 2.24) is 0 Å². The normalized spacial score (nSPS) is 15.2. The number of rotatable bonds is 3. The average Bonchev–Trinajstić information content (AvgIpc) is 2.10. The van der Waals surface area contributed by atoms with E-state index in [-0.39, 0.29) is 13.0 Å². The van der Waals surface area contributed by atoms with Gasteiger partial charge in [0, 0.05) is 11.6 Å². The van der Waals surface area contributed by atoms with Crippen LogP contribution >= 0.6 is 0 Å². The van der Waals surface area contributed by atoms with Crippen LogP contribution in [0.15, 0.2) is 18.2 Å². The fraction of sp³-hybridized carbons (Fsp3) is 0.400. The SMILES string of the molecule is CC(N)(CO)Cc1ccc(F)cc1F. The highest BCUT2D eigenvalue weighted by Gasteiger charge is 2.19. The molecule has 0 aromatic heterocycles. The number of hydrogen-bond donors (Lipinski definition) is 2. The van der Waals surface area contributed by atoms with Gasteiger partial charge in [-0.05, 0) is 25.0 Å². The molecule has 0 aliphatic rings. The Hall–Kier alpha value is -1.00. The Morgan fingerprint density at radius 2 is 2.07 bits per heavy atom. The lowest BCUT2D eigenvalue weighted by Gasteiger charge is -2.21. The summed E-state index contributed by atoms with van der Waals surface area (Å²) in [5, 5.41) is 8.88. The van der Waals surface area contributed by atoms with E-state index in [1.54, 1.807) is 6.92 Å². The van der Waals surface area contributed by atoms with Crippen molar-refractivity contribution >= 4 is 0 Å². The minimum Gasteiger partial charge on any atom is -0.394 e. The van der Waals surface area contributed by atoms with E-state index in [0.29, 0.717) is 5.56 Å². The third-order valence-electron chi connectivity index (χ3n) is 1.97. The second-order valence-electron chi connectivity index (χ2n) is 3.72. The van der Waals surface area contributed by atoms with Crippen molar-refractivity contribution in [2.24, 2.45) is 5.73 Å². The molecule has 0 fully saturated rings. The summed E-state index contributed by atoms with van der Waals surface area (Å²) >= 11 is 0. The van der Waals surface area contributed by atoms with Crippen molar-refractivity contribution in [3.63, 3.8) is 0 Å². The third-order valence-corrected chi connectivity index (χ3v) is 1.97. The number of benzene rings is 1. The summed E-state index contributed by atoms with van der Waals surface area (Å²) in [7, 11) is 0. The van der Waals surface area contributed by atoms with Gasteiger partial charge in [0.05, 0.1) is 6.61 Å². The molecule has 1 aromatic carbocycles. The van der Waals surface area contributed by atoms with Crippen molar-refractivity contribution in [2.75, 3.05) is 6.61 Å². The number of hydrogen-bond acceptors (Lipinski definition) is 2. The molecule has 0 radical (unpaired) electrons. The Morgan fingerprint density at radius 1 is 1.43 bits per heavy atom. The Balaban J connectivity index is 2.87. The first-order chi connectivity index (χ1) is 6.44. The lowest BCUT2D eigenvalue weighted by molar-refractivity contribution is 0.207. The molecule has 1 unspecified atom stereocenters. The van der Waals surface area contributed by atoms with Gasteiger partial charge in [-0.2, -0.15) is 0 Å². The highest BCUT2D eigenvalue weighted by Crippen LogP contribution is 2.15. The van der Waals surface area contributed by atoms with Gasteiger partial charge in [0.25, 0.3) is 0 Å². The quantitative estimate of drug-likeness (QED) is 0.772. The van der Waals surface area contributed by atoms with Crippen molar-refractivity contribution in [3.8, 4) is 0 Å². The van der Waals surface area contributed by atoms with Crippen LogP contribution in [0.5, 0.6) is 0 Å². The number of aliphatic hydroxyl groups excluding tert-OH is 1. The highest BCUT2D eigenvalue weighted by atomic mass is 19.1. The van der Waals surface area contributed by atoms with Gasteiger partial charge in [0.15, 0.2) is 0 Å². The first-order valence-electron chi connectivity index (χ1n) is 4.28. The first kappa shape index (κ1) is 11.1. The lowest BCUT2D eigenvalue weighted by atomic mass is 9.94. The van der Waals surface area contributed by atoms with Crippen LogP contribution < -0.4 is 5.73 Å². The molecule has 3 N–H and O–H groups in total. The van der Waals surface area contributed by atoms with Crippen LogP contribution in [-0.4, -0.2) is 17.3 Å². The summed E-state index contributed by atoms with van der Waals surface area (Å²) < 4.78 is 25.7. The van der Waals surface area contributed by atoms with E-state index in [9.17, 15) is 8.78 Å². The van der Waals surface area contributed by atoms with Crippen LogP contribution in [-0.2, 0) is 6.42 Å². The van der Waals surface area contributed by atoms with Gasteiger partial charge in [-0.1, -0.05) is 6.07 Å². The average molecular weight is 201 g/mol. The van der Waals surface area contributed by atoms with E-state index in [1.807, 2.05) is 0 Å². The van der Waals surface area contributed by atoms with E-state index < -0.39 is 17.2 Å². The molecule has 2 nitrogen and oxygen atoms in total. The zero-order chi connectivity index (χ0) is 10.8. The molecule has 1 aromatic rings. The Morgan fingerprint density at radius 3 is 2.57 bits per heavy atom. The molecule has 1 rings (SSSR count). The Bertz CT molecular complexity index is 326. The molecule has 0 spiro atoms. The van der Waals surface area contributed by atoms with Gasteiger partial charge in [-0.25, -0.2) is 8.78 Å². The molecule has 1 atom stereocenters. The minimum atomic E-state index is -0.876. The molecule has 0 heterocycles. The fourth-order valence-corrected chi connectivity index (χ4v) is 1.16. The van der Waals surface area contributed by atoms with Gasteiger partial charge in [0.2, 0.25) is 0 Å². The number of halogens is 2. The van der Waals surface area contributed by atoms with Gasteiger partial charge in [0.1, 0.15) is 11.6 Å². The molecule has 0 amide bonds. The number of nitrogens with two attached hydrogens (primary N) is 1. The van der Waals surface area contributed by atoms with Crippen LogP contribution in [0.1, 0.15) is 12.5 Å². The maximum absolute atomic E-state index is 13.1. The van der Waals surface area contributed by atoms with Crippen molar-refractivity contribution < 1.29 is 13.9 Å². The Labute approximate surface area is 81.4 Å². The lowest BCUT2D eigenvalue weighted by Crippen LogP contribution is -2.42. The summed E-state index contributed by atoms with van der Waals surface area (Å²) in [6, 6.07) is 3.32. The van der Waals surface area contributed by atoms with Gasteiger partial charge in [-0.15, -0.1) is 0 Å². The van der Waals surface area contributed by atoms with Crippen LogP contribution in [0, 0.1) is 11.6 Å². The first-order valence-corrected chi connectivity index (χ1v) is 4.28. The van der Waals surface area contributed by atoms with E-state index >= 15 is 0 Å². The zero-order valence-electron chi connectivity index (χ0n) is 7.93. The highest BCUT2D eigenvalue weighted by molar-refractivity contribution is 5.20. The summed E-state index contributed by atoms with van der Waals surface area (Å²) in [4.78, 5) is 0. The molecule has 78 valence electrons. The monoisotopic (exact) mass is 201 g/mol. The molecule has 14 heavy (non-hydrogen) atoms. The second-order valence-corrected chi connectivity index (χ2v) is 3.72. The Kier molecular flexibility index (Phi) is 3.18. The van der Waals surface area contributed by atoms with Crippen LogP contribution in [0.3, 0.4) is 0 Å². The van der Waals surface area contributed by atoms with Gasteiger partial charge >= 0.3 is 0 Å². The second kappa shape index (κ2) is 4.02. The van der Waals surface area contributed by atoms with Crippen LogP contribution in [0.2, 0.25) is 0 Å². The fourth-order valence-electron chi connectivity index (χ4n) is 1.16. The summed E-state index contributed by atoms with van der Waals surface area (Å²) in [5.41, 5.74) is 5.08. The molecule has 0 aliphatic heterocycles. The minimum absolute atomic E-state index is 0.176. The van der Waals surface area contributed by atoms with Crippen molar-refractivity contribution in [1.29, 1.82) is 0 Å². The van der Waals surface area contributed by atoms with Crippen molar-refractivity contribution in [2.45, 2.75) is 18.9 Å². The smallest absolute Gasteiger partial charge is 0.129 e. The molecule has 0 saturated heterocycles. The molecular weight excluding hydrogens is 188 g/mol. The van der Waals surface area contributed by atoms with Crippen LogP contribution in [0.25, 0.3) is 0 Å². The molecule has 0 saturated carbocycles. The van der Waals surface area contributed by atoms with E-state index in [2.05, 4.69) is 0 Å². The maximum Gasteiger partial charge on any atom is 0.129 e. The number of aliphatic hydroxyl groups is 1. The summed E-state index contributed by atoms with van der Waals surface area (Å²) in [6.07, 6.45) is 0.176. The summed E-state index contributed by atoms with van der Waals surface area (Å²) in [5.74, 6) is -1.25. The predicted octanol–water partition coefficient (Wildman–Crippen LogP) is 1.22. The zero-order valence-corrected chi connectivity index (χ0v) is 7.93.